The number of nitrogen functional groups attached to an aromatic ring is 1. The van der Waals surface area contributed by atoms with Gasteiger partial charge >= 0.3 is 11.7 Å². The summed E-state index contributed by atoms with van der Waals surface area (Å²) in [6.07, 6.45) is 1.26. The molecule has 0 saturated carbocycles. The molecule has 0 aliphatic rings. The van der Waals surface area contributed by atoms with Crippen molar-refractivity contribution in [3.63, 3.8) is 0 Å². The van der Waals surface area contributed by atoms with Gasteiger partial charge in [0.05, 0.1) is 15.2 Å². The van der Waals surface area contributed by atoms with Crippen LogP contribution in [0.1, 0.15) is 42.1 Å². The lowest BCUT2D eigenvalue weighted by Gasteiger charge is -2.16. The van der Waals surface area contributed by atoms with Gasteiger partial charge in [0.15, 0.2) is 6.61 Å². The number of nitrogens with zero attached hydrogens (tertiary/aromatic N) is 3. The third-order valence-electron chi connectivity index (χ3n) is 4.88. The molecular weight excluding hydrogens is 432 g/mol. The maximum Gasteiger partial charge on any atom is 0.332 e. The number of carbonyl (C=O) groups excluding carboxylic acids is 2. The Kier molecular flexibility index (Phi) is 7.24. The fourth-order valence-corrected chi connectivity index (χ4v) is 4.30. The van der Waals surface area contributed by atoms with E-state index in [0.717, 1.165) is 19.8 Å². The van der Waals surface area contributed by atoms with Gasteiger partial charge in [-0.15, -0.1) is 11.3 Å². The van der Waals surface area contributed by atoms with E-state index in [1.807, 2.05) is 38.1 Å². The SMILES string of the molecule is CC(C)Cn1c(N)c(C(=O)COC(=O)CCCc2nc3ccccc3s2)c(=O)n(C)c1=O. The van der Waals surface area contributed by atoms with E-state index in [4.69, 9.17) is 10.5 Å². The molecular formula is C22H26N4O5S. The van der Waals surface area contributed by atoms with E-state index in [0.29, 0.717) is 12.8 Å². The fraction of sp³-hybridized carbons (Fsp3) is 0.409. The highest BCUT2D eigenvalue weighted by Gasteiger charge is 2.23. The number of ketones is 1. The normalized spacial score (nSPS) is 11.2. The molecule has 0 saturated heterocycles. The van der Waals surface area contributed by atoms with E-state index in [9.17, 15) is 19.2 Å². The van der Waals surface area contributed by atoms with Gasteiger partial charge in [-0.05, 0) is 30.9 Å². The zero-order valence-electron chi connectivity index (χ0n) is 18.3. The second-order valence-electron chi connectivity index (χ2n) is 7.92. The van der Waals surface area contributed by atoms with Crippen molar-refractivity contribution in [2.75, 3.05) is 12.3 Å². The molecule has 0 fully saturated rings. The van der Waals surface area contributed by atoms with E-state index >= 15 is 0 Å². The lowest BCUT2D eigenvalue weighted by molar-refractivity contribution is -0.142. The van der Waals surface area contributed by atoms with Crippen LogP contribution < -0.4 is 17.0 Å². The predicted molar refractivity (Wildman–Crippen MR) is 123 cm³/mol. The smallest absolute Gasteiger partial charge is 0.332 e. The first-order valence-electron chi connectivity index (χ1n) is 10.3. The monoisotopic (exact) mass is 458 g/mol. The highest BCUT2D eigenvalue weighted by molar-refractivity contribution is 7.18. The molecule has 0 amide bonds. The van der Waals surface area contributed by atoms with Crippen molar-refractivity contribution in [2.24, 2.45) is 13.0 Å². The van der Waals surface area contributed by atoms with E-state index in [1.54, 1.807) is 11.3 Å². The second-order valence-corrected chi connectivity index (χ2v) is 9.04. The highest BCUT2D eigenvalue weighted by atomic mass is 32.1. The van der Waals surface area contributed by atoms with E-state index in [-0.39, 0.29) is 30.3 Å². The summed E-state index contributed by atoms with van der Waals surface area (Å²) in [5.41, 5.74) is 5.17. The summed E-state index contributed by atoms with van der Waals surface area (Å²) >= 11 is 1.58. The number of hydrogen-bond donors (Lipinski definition) is 1. The molecule has 2 heterocycles. The molecule has 170 valence electrons. The molecule has 32 heavy (non-hydrogen) atoms. The molecule has 0 bridgehead atoms. The number of aryl methyl sites for hydroxylation is 1. The third-order valence-corrected chi connectivity index (χ3v) is 5.98. The van der Waals surface area contributed by atoms with Crippen LogP contribution in [0.5, 0.6) is 0 Å². The molecule has 3 aromatic rings. The van der Waals surface area contributed by atoms with Crippen molar-refractivity contribution in [1.29, 1.82) is 0 Å². The Labute approximate surface area is 188 Å². The molecule has 0 unspecified atom stereocenters. The fourth-order valence-electron chi connectivity index (χ4n) is 3.29. The number of anilines is 1. The Balaban J connectivity index is 1.60. The average Bonchev–Trinajstić information content (AvgIpc) is 3.16. The molecule has 0 atom stereocenters. The molecule has 3 rings (SSSR count). The van der Waals surface area contributed by atoms with E-state index < -0.39 is 29.6 Å². The van der Waals surface area contributed by atoms with Gasteiger partial charge in [0, 0.05) is 20.0 Å². The summed E-state index contributed by atoms with van der Waals surface area (Å²) in [6.45, 7) is 3.41. The molecule has 0 aliphatic carbocycles. The summed E-state index contributed by atoms with van der Waals surface area (Å²) in [4.78, 5) is 54.0. The van der Waals surface area contributed by atoms with E-state index in [2.05, 4.69) is 4.98 Å². The van der Waals surface area contributed by atoms with Gasteiger partial charge in [-0.1, -0.05) is 26.0 Å². The average molecular weight is 459 g/mol. The minimum absolute atomic E-state index is 0.0729. The number of rotatable bonds is 9. The third kappa shape index (κ3) is 5.13. The summed E-state index contributed by atoms with van der Waals surface area (Å²) < 4.78 is 8.18. The summed E-state index contributed by atoms with van der Waals surface area (Å²) in [5.74, 6) is -1.42. The van der Waals surface area contributed by atoms with E-state index in [1.165, 1.54) is 11.6 Å². The molecule has 2 aromatic heterocycles. The topological polar surface area (TPSA) is 126 Å². The maximum atomic E-state index is 12.6. The van der Waals surface area contributed by atoms with Crippen molar-refractivity contribution < 1.29 is 14.3 Å². The summed E-state index contributed by atoms with van der Waals surface area (Å²) in [7, 11) is 1.28. The Bertz CT molecular complexity index is 1240. The van der Waals surface area contributed by atoms with Crippen LogP contribution in [0, 0.1) is 5.92 Å². The van der Waals surface area contributed by atoms with Gasteiger partial charge in [0.2, 0.25) is 5.78 Å². The first-order chi connectivity index (χ1) is 15.2. The van der Waals surface area contributed by atoms with Crippen molar-refractivity contribution in [2.45, 2.75) is 39.7 Å². The summed E-state index contributed by atoms with van der Waals surface area (Å²) in [6, 6.07) is 7.81. The summed E-state index contributed by atoms with van der Waals surface area (Å²) in [5, 5.41) is 0.929. The Morgan fingerprint density at radius 3 is 2.62 bits per heavy atom. The molecule has 10 heteroatoms. The van der Waals surface area contributed by atoms with Gasteiger partial charge in [-0.25, -0.2) is 9.78 Å². The van der Waals surface area contributed by atoms with Crippen LogP contribution in [-0.2, 0) is 29.5 Å². The molecule has 2 N–H and O–H groups in total. The van der Waals surface area contributed by atoms with Crippen LogP contribution in [0.3, 0.4) is 0 Å². The van der Waals surface area contributed by atoms with Crippen LogP contribution in [-0.4, -0.2) is 32.5 Å². The lowest BCUT2D eigenvalue weighted by Crippen LogP contribution is -2.43. The quantitative estimate of drug-likeness (QED) is 0.384. The number of ether oxygens (including phenoxy) is 1. The van der Waals surface area contributed by atoms with Crippen molar-refractivity contribution in [1.82, 2.24) is 14.1 Å². The van der Waals surface area contributed by atoms with Gasteiger partial charge in [0.25, 0.3) is 5.56 Å². The largest absolute Gasteiger partial charge is 0.457 e. The Hall–Kier alpha value is -3.27. The standard InChI is InChI=1S/C22H26N4O5S/c1-13(2)11-26-20(23)19(21(29)25(3)22(26)30)15(27)12-31-18(28)10-6-9-17-24-14-7-4-5-8-16(14)32-17/h4-5,7-8,13H,6,9-12,23H2,1-3H3. The minimum atomic E-state index is -0.801. The Morgan fingerprint density at radius 1 is 1.22 bits per heavy atom. The minimum Gasteiger partial charge on any atom is -0.457 e. The van der Waals surface area contributed by atoms with Crippen LogP contribution in [0.4, 0.5) is 5.82 Å². The number of thiazole rings is 1. The molecule has 0 spiro atoms. The first-order valence-corrected chi connectivity index (χ1v) is 11.1. The van der Waals surface area contributed by atoms with Crippen LogP contribution in [0.15, 0.2) is 33.9 Å². The van der Waals surface area contributed by atoms with Crippen molar-refractivity contribution in [3.8, 4) is 0 Å². The van der Waals surface area contributed by atoms with Gasteiger partial charge in [0.1, 0.15) is 11.4 Å². The zero-order valence-corrected chi connectivity index (χ0v) is 19.1. The van der Waals surface area contributed by atoms with Crippen LogP contribution in [0.2, 0.25) is 0 Å². The second kappa shape index (κ2) is 9.90. The number of fused-ring (bicyclic) bond motifs is 1. The number of Topliss-reactive ketones (excluding diaryl/α,β-unsaturated/α-hetero) is 1. The van der Waals surface area contributed by atoms with Crippen LogP contribution >= 0.6 is 11.3 Å². The van der Waals surface area contributed by atoms with Crippen molar-refractivity contribution >= 4 is 39.1 Å². The molecule has 0 radical (unpaired) electrons. The number of esters is 1. The number of benzene rings is 1. The first kappa shape index (κ1) is 23.4. The number of aromatic nitrogens is 3. The number of hydrogen-bond acceptors (Lipinski definition) is 8. The van der Waals surface area contributed by atoms with Gasteiger partial charge < -0.3 is 10.5 Å². The molecule has 0 aliphatic heterocycles. The number of carbonyl (C=O) groups is 2. The molecule has 1 aromatic carbocycles. The highest BCUT2D eigenvalue weighted by Crippen LogP contribution is 2.22. The Morgan fingerprint density at radius 2 is 1.94 bits per heavy atom. The number of nitrogens with two attached hydrogens (primary N) is 1. The van der Waals surface area contributed by atoms with Crippen LogP contribution in [0.25, 0.3) is 10.2 Å². The lowest BCUT2D eigenvalue weighted by atomic mass is 10.1. The van der Waals surface area contributed by atoms with Gasteiger partial charge in [-0.3, -0.25) is 23.5 Å². The number of para-hydroxylation sites is 1. The maximum absolute atomic E-state index is 12.6. The zero-order chi connectivity index (χ0) is 23.4. The van der Waals surface area contributed by atoms with Crippen molar-refractivity contribution in [3.05, 3.63) is 55.7 Å². The predicted octanol–water partition coefficient (Wildman–Crippen LogP) is 2.14. The molecule has 9 nitrogen and oxygen atoms in total. The van der Waals surface area contributed by atoms with Gasteiger partial charge in [-0.2, -0.15) is 0 Å².